The van der Waals surface area contributed by atoms with Gasteiger partial charge in [0.05, 0.1) is 23.3 Å². The van der Waals surface area contributed by atoms with Crippen LogP contribution in [-0.2, 0) is 57.4 Å². The first-order valence-electron chi connectivity index (χ1n) is 15.8. The van der Waals surface area contributed by atoms with Gasteiger partial charge in [0.2, 0.25) is 29.4 Å². The van der Waals surface area contributed by atoms with Crippen molar-refractivity contribution in [2.24, 2.45) is 11.8 Å². The Morgan fingerprint density at radius 3 is 1.64 bits per heavy atom. The van der Waals surface area contributed by atoms with Gasteiger partial charge in [-0.3, -0.25) is 38.4 Å². The molecule has 0 aromatic rings. The molecule has 0 aliphatic carbocycles. The number of thioether (sulfide) groups is 2. The van der Waals surface area contributed by atoms with Crippen LogP contribution >= 0.6 is 23.5 Å². The van der Waals surface area contributed by atoms with E-state index in [9.17, 15) is 53.1 Å². The number of amides is 4. The average Bonchev–Trinajstić information content (AvgIpc) is 3.33. The highest BCUT2D eigenvalue weighted by molar-refractivity contribution is 8.03. The Hall–Kier alpha value is -5.06. The Morgan fingerprint density at radius 2 is 1.23 bits per heavy atom. The van der Waals surface area contributed by atoms with E-state index in [4.69, 9.17) is 29.9 Å². The summed E-state index contributed by atoms with van der Waals surface area (Å²) >= 11 is 1.20. The van der Waals surface area contributed by atoms with Gasteiger partial charge in [-0.15, -0.1) is 11.8 Å². The molecule has 1 heterocycles. The fraction of sp³-hybridized carbons (Fsp3) is 0.600. The molecule has 0 fully saturated rings. The van der Waals surface area contributed by atoms with Crippen LogP contribution in [0.25, 0.3) is 0 Å². The van der Waals surface area contributed by atoms with Crippen LogP contribution in [0, 0.1) is 11.8 Å². The number of cyclic esters (lactones) is 1. The molecule has 1 aliphatic heterocycles. The van der Waals surface area contributed by atoms with E-state index in [-0.39, 0.29) is 32.3 Å². The molecule has 4 unspecified atom stereocenters. The summed E-state index contributed by atoms with van der Waals surface area (Å²) in [4.78, 5) is 121. The first-order chi connectivity index (χ1) is 24.7. The third-order valence-electron chi connectivity index (χ3n) is 7.21. The molecule has 0 spiro atoms. The molecule has 21 nitrogen and oxygen atoms in total. The first-order valence-corrected chi connectivity index (χ1v) is 18.0. The summed E-state index contributed by atoms with van der Waals surface area (Å²) < 4.78 is 10.4. The van der Waals surface area contributed by atoms with Gasteiger partial charge < -0.3 is 56.3 Å². The summed E-state index contributed by atoms with van der Waals surface area (Å²) in [6, 6.07) is -3.02. The number of nitrogens with one attached hydrogen (secondary N) is 4. The lowest BCUT2D eigenvalue weighted by molar-refractivity contribution is -0.169. The molecule has 4 amide bonds. The summed E-state index contributed by atoms with van der Waals surface area (Å²) in [6.45, 7) is 2.19. The molecule has 53 heavy (non-hydrogen) atoms. The van der Waals surface area contributed by atoms with Crippen molar-refractivity contribution in [3.05, 3.63) is 10.7 Å². The standard InChI is InChI=1S/C30H42N4O17S2/c1-4-50-29(49)30(13-52-11-16(24(42)31-9-20(37)38)33-18(35)7-5-14(2)26(44)45)23(22(41)28(48)51-30)53-12-17(25(43)32-10-21(39)40)34-19(36)8-6-15(3)27(46)47/h14-17,41H,4-13H2,1-3H3,(H,31,42)(H,32,43)(H,33,35)(H,34,36)(H,37,38)(H,39,40)(H,44,45)(H,46,47)/t14?,15?,16?,17?,30-/m0/s1. The fourth-order valence-corrected chi connectivity index (χ4v) is 6.66. The van der Waals surface area contributed by atoms with Gasteiger partial charge in [-0.05, 0) is 19.8 Å². The van der Waals surface area contributed by atoms with Crippen molar-refractivity contribution in [3.8, 4) is 0 Å². The van der Waals surface area contributed by atoms with E-state index in [1.807, 2.05) is 0 Å². The highest BCUT2D eigenvalue weighted by Crippen LogP contribution is 2.43. The van der Waals surface area contributed by atoms with E-state index in [2.05, 4.69) is 21.3 Å². The summed E-state index contributed by atoms with van der Waals surface area (Å²) in [5.74, 6) is -15.8. The van der Waals surface area contributed by atoms with Gasteiger partial charge in [0.1, 0.15) is 25.2 Å². The summed E-state index contributed by atoms with van der Waals surface area (Å²) in [6.07, 6.45) is -0.886. The van der Waals surface area contributed by atoms with Crippen molar-refractivity contribution in [3.63, 3.8) is 0 Å². The average molecular weight is 795 g/mol. The van der Waals surface area contributed by atoms with E-state index in [1.165, 1.54) is 20.8 Å². The van der Waals surface area contributed by atoms with E-state index >= 15 is 0 Å². The number of carboxylic acid groups (broad SMARTS) is 4. The van der Waals surface area contributed by atoms with Crippen molar-refractivity contribution in [1.29, 1.82) is 0 Å². The molecule has 0 aromatic heterocycles. The number of hydrogen-bond acceptors (Lipinski definition) is 15. The Morgan fingerprint density at radius 1 is 0.774 bits per heavy atom. The van der Waals surface area contributed by atoms with Gasteiger partial charge >= 0.3 is 35.8 Å². The van der Waals surface area contributed by atoms with E-state index in [0.29, 0.717) is 23.5 Å². The molecule has 9 N–H and O–H groups in total. The molecule has 1 rings (SSSR count). The third kappa shape index (κ3) is 15.2. The van der Waals surface area contributed by atoms with Crippen LogP contribution in [-0.4, -0.2) is 140 Å². The maximum absolute atomic E-state index is 13.4. The monoisotopic (exact) mass is 794 g/mol. The minimum atomic E-state index is -2.42. The van der Waals surface area contributed by atoms with Crippen LogP contribution in [0.15, 0.2) is 10.7 Å². The van der Waals surface area contributed by atoms with Crippen molar-refractivity contribution in [2.45, 2.75) is 64.1 Å². The number of carbonyl (C=O) groups excluding carboxylic acids is 6. The van der Waals surface area contributed by atoms with Gasteiger partial charge in [-0.25, -0.2) is 9.59 Å². The molecule has 1 aliphatic rings. The lowest BCUT2D eigenvalue weighted by Crippen LogP contribution is -2.51. The van der Waals surface area contributed by atoms with Gasteiger partial charge in [0.15, 0.2) is 0 Å². The minimum absolute atomic E-state index is 0.0956. The molecule has 296 valence electrons. The molecular weight excluding hydrogens is 752 g/mol. The van der Waals surface area contributed by atoms with Crippen LogP contribution in [0.4, 0.5) is 0 Å². The smallest absolute Gasteiger partial charge is 0.375 e. The molecule has 0 saturated carbocycles. The molecule has 5 atom stereocenters. The molecule has 0 saturated heterocycles. The van der Waals surface area contributed by atoms with Gasteiger partial charge in [-0.1, -0.05) is 13.8 Å². The number of ether oxygens (including phenoxy) is 2. The van der Waals surface area contributed by atoms with Crippen LogP contribution in [0.2, 0.25) is 0 Å². The quantitative estimate of drug-likeness (QED) is 0.0473. The molecule has 0 bridgehead atoms. The second-order valence-electron chi connectivity index (χ2n) is 11.5. The second kappa shape index (κ2) is 22.1. The minimum Gasteiger partial charge on any atom is -0.501 e. The number of aliphatic hydroxyl groups excluding tert-OH is 1. The van der Waals surface area contributed by atoms with Crippen LogP contribution in [0.3, 0.4) is 0 Å². The van der Waals surface area contributed by atoms with Crippen molar-refractivity contribution < 1.29 is 83.0 Å². The predicted octanol–water partition coefficient (Wildman–Crippen LogP) is -1.55. The number of hydrogen-bond donors (Lipinski definition) is 9. The van der Waals surface area contributed by atoms with Crippen molar-refractivity contribution >= 4 is 83.0 Å². The normalized spacial score (nSPS) is 17.3. The van der Waals surface area contributed by atoms with Crippen molar-refractivity contribution in [2.75, 3.05) is 37.0 Å². The Bertz CT molecular complexity index is 1470. The maximum Gasteiger partial charge on any atom is 0.375 e. The Labute approximate surface area is 310 Å². The van der Waals surface area contributed by atoms with Crippen molar-refractivity contribution in [1.82, 2.24) is 21.3 Å². The fourth-order valence-electron chi connectivity index (χ4n) is 4.16. The number of aliphatic hydroxyl groups is 1. The highest BCUT2D eigenvalue weighted by Gasteiger charge is 2.56. The van der Waals surface area contributed by atoms with E-state index < -0.39 is 130 Å². The van der Waals surface area contributed by atoms with Gasteiger partial charge in [0.25, 0.3) is 5.60 Å². The molecular formula is C30H42N4O17S2. The zero-order valence-electron chi connectivity index (χ0n) is 28.8. The lowest BCUT2D eigenvalue weighted by atomic mass is 10.1. The number of carboxylic acids is 4. The Kier molecular flexibility index (Phi) is 19.2. The molecule has 0 radical (unpaired) electrons. The van der Waals surface area contributed by atoms with Crippen LogP contribution < -0.4 is 21.3 Å². The molecule has 0 aromatic carbocycles. The topological polar surface area (TPSA) is 338 Å². The van der Waals surface area contributed by atoms with Gasteiger partial charge in [0, 0.05) is 30.1 Å². The largest absolute Gasteiger partial charge is 0.501 e. The predicted molar refractivity (Wildman–Crippen MR) is 182 cm³/mol. The number of esters is 2. The zero-order chi connectivity index (χ0) is 40.5. The first kappa shape index (κ1) is 46.0. The summed E-state index contributed by atoms with van der Waals surface area (Å²) in [5.41, 5.74) is -2.42. The summed E-state index contributed by atoms with van der Waals surface area (Å²) in [5, 5.41) is 55.7. The Balaban J connectivity index is 3.34. The summed E-state index contributed by atoms with van der Waals surface area (Å²) in [7, 11) is 0. The third-order valence-corrected chi connectivity index (χ3v) is 9.71. The van der Waals surface area contributed by atoms with E-state index in [1.54, 1.807) is 0 Å². The van der Waals surface area contributed by atoms with Gasteiger partial charge in [-0.2, -0.15) is 11.8 Å². The molecule has 23 heteroatoms. The maximum atomic E-state index is 13.4. The second-order valence-corrected chi connectivity index (χ2v) is 13.5. The zero-order valence-corrected chi connectivity index (χ0v) is 30.5. The number of aliphatic carboxylic acids is 4. The van der Waals surface area contributed by atoms with Crippen LogP contribution in [0.1, 0.15) is 46.5 Å². The highest BCUT2D eigenvalue weighted by atomic mass is 32.2. The van der Waals surface area contributed by atoms with Crippen LogP contribution in [0.5, 0.6) is 0 Å². The van der Waals surface area contributed by atoms with E-state index in [0.717, 1.165) is 0 Å². The lowest BCUT2D eigenvalue weighted by Gasteiger charge is -2.29. The number of carbonyl (C=O) groups is 10. The SMILES string of the molecule is CCOC(=O)[C@@]1(CSCC(NC(=O)CCC(C)C(=O)O)C(=O)NCC(=O)O)OC(=O)C(O)=C1SCC(NC(=O)CCC(C)C(=O)O)C(=O)NCC(=O)O. The number of rotatable bonds is 25.